The molecule has 6 nitrogen and oxygen atoms in total. The molecule has 4 N–H and O–H groups in total. The first-order chi connectivity index (χ1) is 6.86. The summed E-state index contributed by atoms with van der Waals surface area (Å²) in [5.41, 5.74) is 5.97. The fraction of sp³-hybridized carbons (Fsp3) is 0.250. The highest BCUT2D eigenvalue weighted by molar-refractivity contribution is 7.89. The summed E-state index contributed by atoms with van der Waals surface area (Å²) in [6.07, 6.45) is 0. The molecule has 1 unspecified atom stereocenters. The standard InChI is InChI=1S/C8H11N3O3S/c1-5(11-12)6-2-3-7(9)8(4-6)15(10,13)14/h2-5H,9H2,1H3,(H2,10,13,14). The van der Waals surface area contributed by atoms with Crippen molar-refractivity contribution in [2.24, 2.45) is 10.3 Å². The van der Waals surface area contributed by atoms with E-state index in [2.05, 4.69) is 5.18 Å². The van der Waals surface area contributed by atoms with Gasteiger partial charge in [-0.15, -0.1) is 0 Å². The van der Waals surface area contributed by atoms with Crippen LogP contribution in [0, 0.1) is 4.91 Å². The van der Waals surface area contributed by atoms with Crippen LogP contribution in [-0.2, 0) is 10.0 Å². The SMILES string of the molecule is CC(N=O)c1ccc(N)c(S(N)(=O)=O)c1. The molecule has 0 aromatic heterocycles. The van der Waals surface area contributed by atoms with Crippen LogP contribution in [0.25, 0.3) is 0 Å². The monoisotopic (exact) mass is 229 g/mol. The topological polar surface area (TPSA) is 116 Å². The summed E-state index contributed by atoms with van der Waals surface area (Å²) in [4.78, 5) is 10.1. The van der Waals surface area contributed by atoms with Gasteiger partial charge in [0.05, 0.1) is 5.69 Å². The first-order valence-electron chi connectivity index (χ1n) is 4.11. The minimum absolute atomic E-state index is 0.0550. The molecule has 0 aliphatic heterocycles. The van der Waals surface area contributed by atoms with Gasteiger partial charge in [-0.25, -0.2) is 13.6 Å². The van der Waals surface area contributed by atoms with Gasteiger partial charge in [0, 0.05) is 0 Å². The molecule has 15 heavy (non-hydrogen) atoms. The van der Waals surface area contributed by atoms with Crippen LogP contribution < -0.4 is 10.9 Å². The van der Waals surface area contributed by atoms with E-state index in [0.29, 0.717) is 5.56 Å². The molecule has 0 aliphatic rings. The quantitative estimate of drug-likeness (QED) is 0.587. The second kappa shape index (κ2) is 3.95. The van der Waals surface area contributed by atoms with E-state index in [9.17, 15) is 13.3 Å². The maximum atomic E-state index is 11.1. The first kappa shape index (κ1) is 11.6. The highest BCUT2D eigenvalue weighted by Gasteiger charge is 2.15. The normalized spacial score (nSPS) is 13.5. The van der Waals surface area contributed by atoms with Gasteiger partial charge in [0.15, 0.2) is 0 Å². The third kappa shape index (κ3) is 2.51. The molecule has 1 aromatic rings. The second-order valence-corrected chi connectivity index (χ2v) is 4.65. The summed E-state index contributed by atoms with van der Waals surface area (Å²) in [6, 6.07) is 3.55. The summed E-state index contributed by atoms with van der Waals surface area (Å²) in [5, 5.41) is 7.74. The summed E-state index contributed by atoms with van der Waals surface area (Å²) in [7, 11) is -3.87. The van der Waals surface area contributed by atoms with E-state index in [4.69, 9.17) is 10.9 Å². The molecular formula is C8H11N3O3S. The van der Waals surface area contributed by atoms with Crippen molar-refractivity contribution in [1.29, 1.82) is 0 Å². The largest absolute Gasteiger partial charge is 0.398 e. The Morgan fingerprint density at radius 1 is 1.40 bits per heavy atom. The number of benzene rings is 1. The molecule has 0 saturated heterocycles. The molecule has 0 heterocycles. The van der Waals surface area contributed by atoms with Crippen LogP contribution in [0.15, 0.2) is 28.3 Å². The summed E-state index contributed by atoms with van der Waals surface area (Å²) in [5.74, 6) is 0. The van der Waals surface area contributed by atoms with Gasteiger partial charge in [0.25, 0.3) is 0 Å². The number of rotatable bonds is 3. The van der Waals surface area contributed by atoms with Crippen molar-refractivity contribution in [3.05, 3.63) is 28.7 Å². The summed E-state index contributed by atoms with van der Waals surface area (Å²) >= 11 is 0. The summed E-state index contributed by atoms with van der Waals surface area (Å²) in [6.45, 7) is 1.55. The number of anilines is 1. The minimum Gasteiger partial charge on any atom is -0.398 e. The van der Waals surface area contributed by atoms with Crippen molar-refractivity contribution in [3.63, 3.8) is 0 Å². The Morgan fingerprint density at radius 2 is 2.00 bits per heavy atom. The second-order valence-electron chi connectivity index (χ2n) is 3.12. The van der Waals surface area contributed by atoms with Crippen LogP contribution in [0.4, 0.5) is 5.69 Å². The van der Waals surface area contributed by atoms with E-state index in [-0.39, 0.29) is 10.6 Å². The van der Waals surface area contributed by atoms with Crippen molar-refractivity contribution in [2.45, 2.75) is 17.9 Å². The molecule has 1 atom stereocenters. The van der Waals surface area contributed by atoms with Crippen molar-refractivity contribution in [1.82, 2.24) is 0 Å². The fourth-order valence-corrected chi connectivity index (χ4v) is 1.81. The van der Waals surface area contributed by atoms with Crippen LogP contribution in [0.1, 0.15) is 18.5 Å². The van der Waals surface area contributed by atoms with E-state index in [0.717, 1.165) is 0 Å². The Kier molecular flexibility index (Phi) is 3.06. The fourth-order valence-electron chi connectivity index (χ4n) is 1.12. The molecule has 0 aliphatic carbocycles. The van der Waals surface area contributed by atoms with Crippen LogP contribution >= 0.6 is 0 Å². The molecule has 7 heteroatoms. The predicted octanol–water partition coefficient (Wildman–Crippen LogP) is 0.744. The molecular weight excluding hydrogens is 218 g/mol. The van der Waals surface area contributed by atoms with Crippen molar-refractivity contribution in [2.75, 3.05) is 5.73 Å². The zero-order chi connectivity index (χ0) is 11.6. The number of hydrogen-bond acceptors (Lipinski definition) is 5. The van der Waals surface area contributed by atoms with Gasteiger partial charge in [-0.2, -0.15) is 4.91 Å². The van der Waals surface area contributed by atoms with Gasteiger partial charge in [0.1, 0.15) is 10.9 Å². The number of hydrogen-bond donors (Lipinski definition) is 2. The Labute approximate surface area is 87.3 Å². The lowest BCUT2D eigenvalue weighted by atomic mass is 10.1. The van der Waals surface area contributed by atoms with E-state index in [1.807, 2.05) is 0 Å². The first-order valence-corrected chi connectivity index (χ1v) is 5.65. The molecule has 0 radical (unpaired) electrons. The van der Waals surface area contributed by atoms with Crippen molar-refractivity contribution < 1.29 is 8.42 Å². The Morgan fingerprint density at radius 3 is 2.47 bits per heavy atom. The number of nitrogens with zero attached hydrogens (tertiary/aromatic N) is 1. The number of primary sulfonamides is 1. The maximum absolute atomic E-state index is 11.1. The molecule has 0 amide bonds. The molecule has 0 saturated carbocycles. The molecule has 0 fully saturated rings. The van der Waals surface area contributed by atoms with Gasteiger partial charge in [0.2, 0.25) is 10.0 Å². The molecule has 82 valence electrons. The van der Waals surface area contributed by atoms with Crippen LogP contribution in [0.3, 0.4) is 0 Å². The number of nitrogens with two attached hydrogens (primary N) is 2. The third-order valence-electron chi connectivity index (χ3n) is 1.98. The predicted molar refractivity (Wildman–Crippen MR) is 56.4 cm³/mol. The molecule has 0 spiro atoms. The maximum Gasteiger partial charge on any atom is 0.240 e. The zero-order valence-corrected chi connectivity index (χ0v) is 8.86. The van der Waals surface area contributed by atoms with E-state index in [1.54, 1.807) is 6.92 Å². The van der Waals surface area contributed by atoms with E-state index >= 15 is 0 Å². The Balaban J connectivity index is 3.35. The van der Waals surface area contributed by atoms with E-state index in [1.165, 1.54) is 18.2 Å². The van der Waals surface area contributed by atoms with Crippen LogP contribution in [0.5, 0.6) is 0 Å². The van der Waals surface area contributed by atoms with Crippen LogP contribution in [0.2, 0.25) is 0 Å². The van der Waals surface area contributed by atoms with Gasteiger partial charge in [-0.1, -0.05) is 11.2 Å². The highest BCUT2D eigenvalue weighted by atomic mass is 32.2. The Bertz CT molecular complexity index is 484. The average molecular weight is 229 g/mol. The lowest BCUT2D eigenvalue weighted by Crippen LogP contribution is -2.14. The summed E-state index contributed by atoms with van der Waals surface area (Å²) < 4.78 is 22.2. The van der Waals surface area contributed by atoms with Crippen molar-refractivity contribution in [3.8, 4) is 0 Å². The molecule has 0 bridgehead atoms. The number of nitrogen functional groups attached to an aromatic ring is 1. The average Bonchev–Trinajstić information content (AvgIpc) is 2.15. The van der Waals surface area contributed by atoms with Gasteiger partial charge in [-0.3, -0.25) is 0 Å². The molecule has 1 aromatic carbocycles. The van der Waals surface area contributed by atoms with E-state index < -0.39 is 16.1 Å². The Hall–Kier alpha value is -1.47. The van der Waals surface area contributed by atoms with Gasteiger partial charge in [-0.05, 0) is 24.6 Å². The third-order valence-corrected chi connectivity index (χ3v) is 2.95. The highest BCUT2D eigenvalue weighted by Crippen LogP contribution is 2.23. The smallest absolute Gasteiger partial charge is 0.240 e. The van der Waals surface area contributed by atoms with Crippen molar-refractivity contribution >= 4 is 15.7 Å². The minimum atomic E-state index is -3.87. The lowest BCUT2D eigenvalue weighted by molar-refractivity contribution is 0.598. The molecule has 1 rings (SSSR count). The number of nitroso groups, excluding NO2 is 1. The van der Waals surface area contributed by atoms with Gasteiger partial charge >= 0.3 is 0 Å². The zero-order valence-electron chi connectivity index (χ0n) is 8.04. The van der Waals surface area contributed by atoms with Crippen LogP contribution in [-0.4, -0.2) is 8.42 Å². The lowest BCUT2D eigenvalue weighted by Gasteiger charge is -2.07. The van der Waals surface area contributed by atoms with Gasteiger partial charge < -0.3 is 5.73 Å². The number of sulfonamides is 1.